The van der Waals surface area contributed by atoms with E-state index < -0.39 is 0 Å². The quantitative estimate of drug-likeness (QED) is 0.127. The second-order valence-corrected chi connectivity index (χ2v) is 18.6. The van der Waals surface area contributed by atoms with E-state index in [1.54, 1.807) is 0 Å². The summed E-state index contributed by atoms with van der Waals surface area (Å²) in [5.74, 6) is 0. The lowest BCUT2D eigenvalue weighted by Crippen LogP contribution is -2.15. The largest absolute Gasteiger partial charge is 0.0988 e. The summed E-state index contributed by atoms with van der Waals surface area (Å²) in [6, 6.07) is 67.0. The first-order valence-electron chi connectivity index (χ1n) is 23.8. The highest BCUT2D eigenvalue weighted by atomic mass is 14.4. The van der Waals surface area contributed by atoms with Gasteiger partial charge in [-0.05, 0) is 145 Å². The maximum absolute atomic E-state index is 3.74. The zero-order chi connectivity index (χ0) is 46.4. The van der Waals surface area contributed by atoms with E-state index in [2.05, 4.69) is 244 Å². The van der Waals surface area contributed by atoms with Crippen LogP contribution in [-0.4, -0.2) is 0 Å². The number of benzene rings is 9. The van der Waals surface area contributed by atoms with Gasteiger partial charge in [0.25, 0.3) is 0 Å². The van der Waals surface area contributed by atoms with Crippen LogP contribution in [0.15, 0.2) is 207 Å². The summed E-state index contributed by atoms with van der Waals surface area (Å²) >= 11 is 0. The molecule has 0 N–H and O–H groups in total. The predicted molar refractivity (Wildman–Crippen MR) is 290 cm³/mol. The van der Waals surface area contributed by atoms with Crippen molar-refractivity contribution in [1.29, 1.82) is 0 Å². The molecule has 0 amide bonds. The number of hydrogen-bond donors (Lipinski definition) is 0. The van der Waals surface area contributed by atoms with Crippen molar-refractivity contribution in [3.63, 3.8) is 0 Å². The van der Waals surface area contributed by atoms with Crippen molar-refractivity contribution in [3.05, 3.63) is 240 Å². The third-order valence-corrected chi connectivity index (χ3v) is 13.4. The lowest BCUT2D eigenvalue weighted by Gasteiger charge is -2.22. The van der Waals surface area contributed by atoms with E-state index in [1.165, 1.54) is 117 Å². The van der Waals surface area contributed by atoms with Crippen molar-refractivity contribution in [3.8, 4) is 55.6 Å². The summed E-state index contributed by atoms with van der Waals surface area (Å²) in [7, 11) is 0. The predicted octanol–water partition coefficient (Wildman–Crippen LogP) is 19.1. The highest BCUT2D eigenvalue weighted by Crippen LogP contribution is 2.50. The molecule has 9 aromatic rings. The van der Waals surface area contributed by atoms with Crippen LogP contribution in [0.5, 0.6) is 0 Å². The molecule has 9 aromatic carbocycles. The van der Waals surface area contributed by atoms with Crippen LogP contribution in [0.3, 0.4) is 0 Å². The van der Waals surface area contributed by atoms with Crippen LogP contribution in [0.4, 0.5) is 0 Å². The van der Waals surface area contributed by atoms with Gasteiger partial charge in [-0.3, -0.25) is 0 Å². The van der Waals surface area contributed by atoms with Gasteiger partial charge in [-0.25, -0.2) is 0 Å². The zero-order valence-electron chi connectivity index (χ0n) is 40.1. The third-order valence-electron chi connectivity index (χ3n) is 13.4. The van der Waals surface area contributed by atoms with Crippen molar-refractivity contribution < 1.29 is 0 Å². The maximum Gasteiger partial charge on any atom is 0.0159 e. The summed E-state index contributed by atoms with van der Waals surface area (Å²) in [5.41, 5.74) is 22.8. The van der Waals surface area contributed by atoms with Crippen molar-refractivity contribution in [2.75, 3.05) is 0 Å². The molecule has 0 nitrogen and oxygen atoms in total. The van der Waals surface area contributed by atoms with E-state index in [0.717, 1.165) is 24.8 Å². The molecular formula is C66H64. The molecule has 0 saturated carbocycles. The molecule has 0 spiro atoms. The molecule has 0 heteroatoms. The Labute approximate surface area is 395 Å². The highest BCUT2D eigenvalue weighted by Gasteiger charge is 2.35. The first-order valence-corrected chi connectivity index (χ1v) is 23.8. The monoisotopic (exact) mass is 857 g/mol. The molecule has 66 heavy (non-hydrogen) atoms. The average molecular weight is 857 g/mol. The normalized spacial score (nSPS) is 12.0. The minimum Gasteiger partial charge on any atom is -0.0988 e. The average Bonchev–Trinajstić information content (AvgIpc) is 3.57. The Kier molecular flexibility index (Phi) is 13.8. The first-order chi connectivity index (χ1) is 32.0. The standard InChI is InChI=1S/C37H32.C22H20.C7H12/c1-4-9-34-35(30-22-20-28(21-23-30)27-17-14-25(2)15-18-27)24-31-11-6-8-13-33(31)37(34)36-26(3)16-19-29-10-5-7-12-32(29)36;1-15-9-11-18-19-12-10-17(16-7-5-4-6-8-16)14-21(19)22(2,3)20(18)13-15;1-4-6-7(3)5-2/h5-8,10-24H,4,9H2,1-3H3;4-14H,1-3H3;5H,2-4,6H2,1H3. The lowest BCUT2D eigenvalue weighted by molar-refractivity contribution is 0.660. The van der Waals surface area contributed by atoms with Crippen LogP contribution in [-0.2, 0) is 11.8 Å². The van der Waals surface area contributed by atoms with Gasteiger partial charge in [0, 0.05) is 5.41 Å². The molecular weight excluding hydrogens is 793 g/mol. The number of fused-ring (bicyclic) bond motifs is 5. The van der Waals surface area contributed by atoms with Crippen LogP contribution < -0.4 is 0 Å². The van der Waals surface area contributed by atoms with Gasteiger partial charge in [-0.2, -0.15) is 0 Å². The second-order valence-electron chi connectivity index (χ2n) is 18.6. The lowest BCUT2D eigenvalue weighted by atomic mass is 9.81. The fourth-order valence-corrected chi connectivity index (χ4v) is 9.83. The van der Waals surface area contributed by atoms with Gasteiger partial charge in [-0.15, -0.1) is 0 Å². The number of aryl methyl sites for hydroxylation is 3. The molecule has 0 atom stereocenters. The first kappa shape index (κ1) is 45.5. The summed E-state index contributed by atoms with van der Waals surface area (Å²) in [6.45, 7) is 23.0. The van der Waals surface area contributed by atoms with E-state index in [9.17, 15) is 0 Å². The molecule has 0 fully saturated rings. The minimum atomic E-state index is 0.0709. The highest BCUT2D eigenvalue weighted by molar-refractivity contribution is 6.10. The van der Waals surface area contributed by atoms with Crippen LogP contribution in [0, 0.1) is 20.8 Å². The number of allylic oxidation sites excluding steroid dienone is 2. The second kappa shape index (κ2) is 20.0. The summed E-state index contributed by atoms with van der Waals surface area (Å²) in [4.78, 5) is 0. The van der Waals surface area contributed by atoms with Crippen LogP contribution in [0.1, 0.15) is 80.3 Å². The van der Waals surface area contributed by atoms with Crippen molar-refractivity contribution in [1.82, 2.24) is 0 Å². The third kappa shape index (κ3) is 9.38. The Morgan fingerprint density at radius 2 is 1.00 bits per heavy atom. The van der Waals surface area contributed by atoms with Gasteiger partial charge >= 0.3 is 0 Å². The molecule has 10 rings (SSSR count). The fourth-order valence-electron chi connectivity index (χ4n) is 9.83. The molecule has 0 heterocycles. The number of rotatable bonds is 9. The Morgan fingerprint density at radius 3 is 1.64 bits per heavy atom. The summed E-state index contributed by atoms with van der Waals surface area (Å²) in [6.07, 6.45) is 6.21. The SMILES string of the molecule is C=CC(=C)CCC.CCCc1c(-c2ccc(-c3ccc(C)cc3)cc2)cc2ccccc2c1-c1c(C)ccc2ccccc12.Cc1ccc2c(c1)C(C)(C)c1cc(-c3ccccc3)ccc1-2. The van der Waals surface area contributed by atoms with E-state index in [-0.39, 0.29) is 5.41 Å². The van der Waals surface area contributed by atoms with Crippen LogP contribution >= 0.6 is 0 Å². The minimum absolute atomic E-state index is 0.0709. The molecule has 1 aliphatic carbocycles. The van der Waals surface area contributed by atoms with Gasteiger partial charge in [0.15, 0.2) is 0 Å². The Morgan fingerprint density at radius 1 is 0.470 bits per heavy atom. The van der Waals surface area contributed by atoms with Gasteiger partial charge in [0.05, 0.1) is 0 Å². The van der Waals surface area contributed by atoms with E-state index in [0.29, 0.717) is 0 Å². The maximum atomic E-state index is 3.74. The smallest absolute Gasteiger partial charge is 0.0159 e. The van der Waals surface area contributed by atoms with Crippen molar-refractivity contribution in [2.24, 2.45) is 0 Å². The molecule has 0 unspecified atom stereocenters. The number of hydrogen-bond acceptors (Lipinski definition) is 0. The van der Waals surface area contributed by atoms with Gasteiger partial charge in [0.1, 0.15) is 0 Å². The van der Waals surface area contributed by atoms with Crippen LogP contribution in [0.25, 0.3) is 77.2 Å². The topological polar surface area (TPSA) is 0 Å². The molecule has 0 saturated heterocycles. The van der Waals surface area contributed by atoms with Crippen molar-refractivity contribution >= 4 is 21.5 Å². The molecule has 0 bridgehead atoms. The summed E-state index contributed by atoms with van der Waals surface area (Å²) < 4.78 is 0. The Bertz CT molecular complexity index is 3160. The van der Waals surface area contributed by atoms with Gasteiger partial charge in [0.2, 0.25) is 0 Å². The van der Waals surface area contributed by atoms with Crippen LogP contribution in [0.2, 0.25) is 0 Å². The molecule has 0 aliphatic heterocycles. The fraction of sp³-hybridized carbons (Fsp3) is 0.182. The molecule has 0 aromatic heterocycles. The molecule has 1 aliphatic rings. The Hall–Kier alpha value is -7.02. The molecule has 0 radical (unpaired) electrons. The summed E-state index contributed by atoms with van der Waals surface area (Å²) in [5, 5.41) is 5.26. The Balaban J connectivity index is 0.000000172. The van der Waals surface area contributed by atoms with Crippen molar-refractivity contribution in [2.45, 2.75) is 79.6 Å². The van der Waals surface area contributed by atoms with E-state index >= 15 is 0 Å². The van der Waals surface area contributed by atoms with E-state index in [4.69, 9.17) is 0 Å². The zero-order valence-corrected chi connectivity index (χ0v) is 40.1. The molecule has 328 valence electrons. The van der Waals surface area contributed by atoms with E-state index in [1.807, 2.05) is 6.08 Å². The van der Waals surface area contributed by atoms with Gasteiger partial charge in [-0.1, -0.05) is 246 Å². The van der Waals surface area contributed by atoms with Gasteiger partial charge < -0.3 is 0 Å².